The Hall–Kier alpha value is -1.47. The second-order valence-electron chi connectivity index (χ2n) is 4.00. The summed E-state index contributed by atoms with van der Waals surface area (Å²) in [6.07, 6.45) is 0.348. The highest BCUT2D eigenvalue weighted by Crippen LogP contribution is 2.27. The molecule has 2 heterocycles. The minimum absolute atomic E-state index is 0.497. The fraction of sp³-hybridized carbons (Fsp3) is 0.500. The Morgan fingerprint density at radius 3 is 3.06 bits per heavy atom. The molecule has 0 bridgehead atoms. The van der Waals surface area contributed by atoms with Gasteiger partial charge >= 0.3 is 5.97 Å². The van der Waals surface area contributed by atoms with Crippen molar-refractivity contribution in [3.63, 3.8) is 0 Å². The summed E-state index contributed by atoms with van der Waals surface area (Å²) >= 11 is 1.42. The first kappa shape index (κ1) is 12.0. The standard InChI is InChI=1S/C10H13N3O3S/c1-13-3-2-6-7(5-13)17-10(11-6)12-8(14)4-9(15)16/h2-5H2,1H3,(H,15,16)(H,11,12,14). The summed E-state index contributed by atoms with van der Waals surface area (Å²) in [4.78, 5) is 29.2. The summed E-state index contributed by atoms with van der Waals surface area (Å²) in [5, 5.41) is 11.5. The van der Waals surface area contributed by atoms with E-state index >= 15 is 0 Å². The van der Waals surface area contributed by atoms with Gasteiger partial charge in [-0.25, -0.2) is 4.98 Å². The quantitative estimate of drug-likeness (QED) is 0.770. The number of aliphatic carboxylic acids is 1. The van der Waals surface area contributed by atoms with Gasteiger partial charge in [-0.05, 0) is 7.05 Å². The number of carboxylic acid groups (broad SMARTS) is 1. The van der Waals surface area contributed by atoms with Gasteiger partial charge in [0.15, 0.2) is 5.13 Å². The molecule has 0 saturated heterocycles. The summed E-state index contributed by atoms with van der Waals surface area (Å²) in [5.74, 6) is -1.67. The van der Waals surface area contributed by atoms with E-state index in [4.69, 9.17) is 5.11 Å². The van der Waals surface area contributed by atoms with Crippen LogP contribution < -0.4 is 5.32 Å². The fourth-order valence-electron chi connectivity index (χ4n) is 1.68. The number of rotatable bonds is 3. The zero-order valence-corrected chi connectivity index (χ0v) is 10.2. The second-order valence-corrected chi connectivity index (χ2v) is 5.08. The third-order valence-corrected chi connectivity index (χ3v) is 3.48. The predicted molar refractivity (Wildman–Crippen MR) is 63.0 cm³/mol. The number of carboxylic acids is 1. The molecule has 0 aromatic carbocycles. The van der Waals surface area contributed by atoms with E-state index in [1.807, 2.05) is 7.05 Å². The van der Waals surface area contributed by atoms with Crippen LogP contribution >= 0.6 is 11.3 Å². The molecule has 92 valence electrons. The number of hydrogen-bond donors (Lipinski definition) is 2. The number of aromatic nitrogens is 1. The van der Waals surface area contributed by atoms with Crippen molar-refractivity contribution in [3.05, 3.63) is 10.6 Å². The molecule has 0 saturated carbocycles. The van der Waals surface area contributed by atoms with Gasteiger partial charge in [0, 0.05) is 24.4 Å². The lowest BCUT2D eigenvalue weighted by atomic mass is 10.2. The van der Waals surface area contributed by atoms with Gasteiger partial charge in [0.1, 0.15) is 6.42 Å². The average molecular weight is 255 g/mol. The van der Waals surface area contributed by atoms with Crippen molar-refractivity contribution in [2.24, 2.45) is 0 Å². The van der Waals surface area contributed by atoms with Crippen LogP contribution in [-0.4, -0.2) is 40.5 Å². The number of hydrogen-bond acceptors (Lipinski definition) is 5. The van der Waals surface area contributed by atoms with Gasteiger partial charge in [-0.1, -0.05) is 0 Å². The summed E-state index contributed by atoms with van der Waals surface area (Å²) in [5.41, 5.74) is 1.01. The predicted octanol–water partition coefficient (Wildman–Crippen LogP) is 0.544. The molecule has 0 radical (unpaired) electrons. The Morgan fingerprint density at radius 1 is 1.59 bits per heavy atom. The molecule has 1 aliphatic rings. The highest BCUT2D eigenvalue weighted by molar-refractivity contribution is 7.15. The van der Waals surface area contributed by atoms with Crippen LogP contribution in [0.25, 0.3) is 0 Å². The average Bonchev–Trinajstić information content (AvgIpc) is 2.57. The number of nitrogens with zero attached hydrogens (tertiary/aromatic N) is 2. The van der Waals surface area contributed by atoms with E-state index in [1.54, 1.807) is 0 Å². The monoisotopic (exact) mass is 255 g/mol. The minimum Gasteiger partial charge on any atom is -0.481 e. The van der Waals surface area contributed by atoms with Crippen LogP contribution in [0, 0.1) is 0 Å². The van der Waals surface area contributed by atoms with Crippen molar-refractivity contribution in [2.45, 2.75) is 19.4 Å². The molecular formula is C10H13N3O3S. The molecule has 17 heavy (non-hydrogen) atoms. The summed E-state index contributed by atoms with van der Waals surface area (Å²) < 4.78 is 0. The molecule has 1 aliphatic heterocycles. The third kappa shape index (κ3) is 3.01. The topological polar surface area (TPSA) is 82.5 Å². The summed E-state index contributed by atoms with van der Waals surface area (Å²) in [6.45, 7) is 1.79. The maximum absolute atomic E-state index is 11.3. The van der Waals surface area contributed by atoms with Crippen LogP contribution in [0.5, 0.6) is 0 Å². The van der Waals surface area contributed by atoms with Gasteiger partial charge in [0.05, 0.1) is 5.69 Å². The lowest BCUT2D eigenvalue weighted by Gasteiger charge is -2.20. The van der Waals surface area contributed by atoms with E-state index in [0.29, 0.717) is 5.13 Å². The van der Waals surface area contributed by atoms with Crippen molar-refractivity contribution in [1.29, 1.82) is 0 Å². The van der Waals surface area contributed by atoms with Gasteiger partial charge in [-0.2, -0.15) is 0 Å². The number of nitrogens with one attached hydrogen (secondary N) is 1. The van der Waals surface area contributed by atoms with Gasteiger partial charge in [-0.3, -0.25) is 9.59 Å². The zero-order chi connectivity index (χ0) is 12.4. The van der Waals surface area contributed by atoms with E-state index < -0.39 is 18.3 Å². The molecule has 6 nitrogen and oxygen atoms in total. The maximum atomic E-state index is 11.3. The molecular weight excluding hydrogens is 242 g/mol. The molecule has 1 amide bonds. The van der Waals surface area contributed by atoms with Crippen molar-refractivity contribution >= 4 is 28.3 Å². The van der Waals surface area contributed by atoms with E-state index in [-0.39, 0.29) is 0 Å². The third-order valence-electron chi connectivity index (χ3n) is 2.48. The molecule has 7 heteroatoms. The first-order valence-corrected chi connectivity index (χ1v) is 6.05. The molecule has 0 spiro atoms. The highest BCUT2D eigenvalue weighted by atomic mass is 32.1. The Kier molecular flexibility index (Phi) is 3.39. The van der Waals surface area contributed by atoms with Gasteiger partial charge in [-0.15, -0.1) is 11.3 Å². The first-order valence-electron chi connectivity index (χ1n) is 5.23. The van der Waals surface area contributed by atoms with E-state index in [0.717, 1.165) is 30.1 Å². The highest BCUT2D eigenvalue weighted by Gasteiger charge is 2.19. The summed E-state index contributed by atoms with van der Waals surface area (Å²) in [6, 6.07) is 0. The first-order chi connectivity index (χ1) is 8.04. The van der Waals surface area contributed by atoms with Gasteiger partial charge < -0.3 is 15.3 Å². The lowest BCUT2D eigenvalue weighted by molar-refractivity contribution is -0.139. The minimum atomic E-state index is -1.14. The Morgan fingerprint density at radius 2 is 2.35 bits per heavy atom. The molecule has 0 fully saturated rings. The Balaban J connectivity index is 2.03. The smallest absolute Gasteiger partial charge is 0.312 e. The zero-order valence-electron chi connectivity index (χ0n) is 9.39. The SMILES string of the molecule is CN1CCc2nc(NC(=O)CC(=O)O)sc2C1. The number of likely N-dealkylation sites (N-methyl/N-ethyl adjacent to an activating group) is 1. The van der Waals surface area contributed by atoms with Crippen LogP contribution in [0.15, 0.2) is 0 Å². The molecule has 1 aromatic rings. The van der Waals surface area contributed by atoms with Crippen molar-refractivity contribution in [3.8, 4) is 0 Å². The van der Waals surface area contributed by atoms with Crippen LogP contribution in [0.2, 0.25) is 0 Å². The number of carbonyl (C=O) groups excluding carboxylic acids is 1. The lowest BCUT2D eigenvalue weighted by Crippen LogP contribution is -2.25. The van der Waals surface area contributed by atoms with Crippen molar-refractivity contribution < 1.29 is 14.7 Å². The number of fused-ring (bicyclic) bond motifs is 1. The molecule has 0 aliphatic carbocycles. The van der Waals surface area contributed by atoms with E-state index in [9.17, 15) is 9.59 Å². The largest absolute Gasteiger partial charge is 0.481 e. The van der Waals surface area contributed by atoms with Crippen molar-refractivity contribution in [1.82, 2.24) is 9.88 Å². The summed E-state index contributed by atoms with van der Waals surface area (Å²) in [7, 11) is 2.03. The van der Waals surface area contributed by atoms with Crippen LogP contribution in [0.3, 0.4) is 0 Å². The molecule has 0 atom stereocenters. The molecule has 0 unspecified atom stereocenters. The van der Waals surface area contributed by atoms with E-state index in [2.05, 4.69) is 15.2 Å². The number of thiazole rings is 1. The maximum Gasteiger partial charge on any atom is 0.312 e. The molecule has 2 rings (SSSR count). The second kappa shape index (κ2) is 4.80. The van der Waals surface area contributed by atoms with Crippen molar-refractivity contribution in [2.75, 3.05) is 18.9 Å². The molecule has 2 N–H and O–H groups in total. The fourth-order valence-corrected chi connectivity index (χ4v) is 2.78. The van der Waals surface area contributed by atoms with Crippen LogP contribution in [-0.2, 0) is 22.6 Å². The van der Waals surface area contributed by atoms with Gasteiger partial charge in [0.2, 0.25) is 5.91 Å². The van der Waals surface area contributed by atoms with E-state index in [1.165, 1.54) is 11.3 Å². The Bertz CT molecular complexity index is 458. The molecule has 1 aromatic heterocycles. The van der Waals surface area contributed by atoms with Crippen LogP contribution in [0.4, 0.5) is 5.13 Å². The Labute approximate surface area is 102 Å². The normalized spacial score (nSPS) is 15.4. The number of carbonyl (C=O) groups is 2. The van der Waals surface area contributed by atoms with Gasteiger partial charge in [0.25, 0.3) is 0 Å². The number of amides is 1. The number of anilines is 1. The van der Waals surface area contributed by atoms with Crippen LogP contribution in [0.1, 0.15) is 17.0 Å².